The number of benzene rings is 2. The lowest BCUT2D eigenvalue weighted by Crippen LogP contribution is -2.44. The Morgan fingerprint density at radius 2 is 1.90 bits per heavy atom. The highest BCUT2D eigenvalue weighted by Crippen LogP contribution is 2.45. The van der Waals surface area contributed by atoms with Crippen LogP contribution in [-0.2, 0) is 9.59 Å². The molecule has 2 aliphatic heterocycles. The summed E-state index contributed by atoms with van der Waals surface area (Å²) < 4.78 is 51.9. The van der Waals surface area contributed by atoms with E-state index in [1.807, 2.05) is 0 Å². The third-order valence-electron chi connectivity index (χ3n) is 5.09. The molecular formula is C20H15BrF3NO5. The highest BCUT2D eigenvalue weighted by Gasteiger charge is 2.48. The number of carbonyl (C=O) groups is 2. The van der Waals surface area contributed by atoms with Gasteiger partial charge in [0.1, 0.15) is 18.1 Å². The molecule has 0 spiro atoms. The monoisotopic (exact) mass is 485 g/mol. The van der Waals surface area contributed by atoms with E-state index in [0.717, 1.165) is 0 Å². The van der Waals surface area contributed by atoms with Crippen LogP contribution in [0.1, 0.15) is 29.5 Å². The molecule has 2 heterocycles. The van der Waals surface area contributed by atoms with Crippen molar-refractivity contribution in [2.45, 2.75) is 24.6 Å². The standard InChI is InChI=1S/C20H15BrF3NO5/c21-14-3-1-2-13-15(9-30-18(13)14)25(19(28)20(22,23)24)11-4-5-12-10(6-17(26)27)8-29-16(12)7-11/h1-5,7,10,15H,6,8-9H2,(H,26,27)/t10-,15+/m1/s1. The van der Waals surface area contributed by atoms with Crippen molar-refractivity contribution in [3.8, 4) is 11.5 Å². The smallest absolute Gasteiger partial charge is 0.471 e. The maximum Gasteiger partial charge on any atom is 0.471 e. The first kappa shape index (κ1) is 20.5. The van der Waals surface area contributed by atoms with Gasteiger partial charge in [0, 0.05) is 28.8 Å². The molecule has 0 bridgehead atoms. The Balaban J connectivity index is 1.75. The van der Waals surface area contributed by atoms with Crippen LogP contribution in [0.3, 0.4) is 0 Å². The molecule has 158 valence electrons. The number of halogens is 4. The van der Waals surface area contributed by atoms with E-state index in [-0.39, 0.29) is 31.1 Å². The Hall–Kier alpha value is -2.75. The van der Waals surface area contributed by atoms with Crippen molar-refractivity contribution in [1.82, 2.24) is 0 Å². The van der Waals surface area contributed by atoms with Gasteiger partial charge in [-0.2, -0.15) is 13.2 Å². The fraction of sp³-hybridized carbons (Fsp3) is 0.300. The Kier molecular flexibility index (Phi) is 5.13. The van der Waals surface area contributed by atoms with Gasteiger partial charge in [-0.25, -0.2) is 0 Å². The summed E-state index contributed by atoms with van der Waals surface area (Å²) in [5.41, 5.74) is 1.03. The van der Waals surface area contributed by atoms with Crippen molar-refractivity contribution in [2.24, 2.45) is 0 Å². The summed E-state index contributed by atoms with van der Waals surface area (Å²) in [6, 6.07) is 8.21. The SMILES string of the molecule is O=C(O)C[C@@H]1COc2cc(N(C(=O)C(F)(F)F)[C@H]3COc4c(Br)cccc43)ccc21. The number of ether oxygens (including phenoxy) is 2. The van der Waals surface area contributed by atoms with Crippen molar-refractivity contribution in [2.75, 3.05) is 18.1 Å². The number of anilines is 1. The number of para-hydroxylation sites is 1. The molecule has 30 heavy (non-hydrogen) atoms. The van der Waals surface area contributed by atoms with Crippen molar-refractivity contribution in [3.63, 3.8) is 0 Å². The molecule has 6 nitrogen and oxygen atoms in total. The van der Waals surface area contributed by atoms with Crippen LogP contribution in [0.5, 0.6) is 11.5 Å². The summed E-state index contributed by atoms with van der Waals surface area (Å²) >= 11 is 3.30. The lowest BCUT2D eigenvalue weighted by atomic mass is 9.97. The first-order valence-electron chi connectivity index (χ1n) is 8.97. The maximum absolute atomic E-state index is 13.4. The second-order valence-electron chi connectivity index (χ2n) is 6.99. The zero-order valence-electron chi connectivity index (χ0n) is 15.3. The normalized spacial score (nSPS) is 19.5. The molecule has 2 aromatic rings. The first-order valence-corrected chi connectivity index (χ1v) is 9.76. The van der Waals surface area contributed by atoms with Crippen LogP contribution in [-0.4, -0.2) is 36.4 Å². The molecular weight excluding hydrogens is 471 g/mol. The second kappa shape index (κ2) is 7.50. The predicted molar refractivity (Wildman–Crippen MR) is 103 cm³/mol. The molecule has 0 aliphatic carbocycles. The largest absolute Gasteiger partial charge is 0.493 e. The van der Waals surface area contributed by atoms with E-state index in [4.69, 9.17) is 14.6 Å². The van der Waals surface area contributed by atoms with Crippen LogP contribution >= 0.6 is 15.9 Å². The summed E-state index contributed by atoms with van der Waals surface area (Å²) in [4.78, 5) is 24.0. The van der Waals surface area contributed by atoms with Crippen molar-refractivity contribution in [3.05, 3.63) is 52.0 Å². The highest BCUT2D eigenvalue weighted by molar-refractivity contribution is 9.10. The summed E-state index contributed by atoms with van der Waals surface area (Å²) in [5.74, 6) is -2.76. The lowest BCUT2D eigenvalue weighted by molar-refractivity contribution is -0.171. The van der Waals surface area contributed by atoms with Crippen LogP contribution in [0.4, 0.5) is 18.9 Å². The van der Waals surface area contributed by atoms with Crippen LogP contribution in [0, 0.1) is 0 Å². The Labute approximate surface area is 177 Å². The highest BCUT2D eigenvalue weighted by atomic mass is 79.9. The number of carbonyl (C=O) groups excluding carboxylic acids is 1. The Morgan fingerprint density at radius 3 is 2.60 bits per heavy atom. The van der Waals surface area contributed by atoms with Crippen molar-refractivity contribution in [1.29, 1.82) is 0 Å². The van der Waals surface area contributed by atoms with Gasteiger partial charge in [-0.15, -0.1) is 0 Å². The zero-order chi connectivity index (χ0) is 21.6. The average molecular weight is 486 g/mol. The summed E-state index contributed by atoms with van der Waals surface area (Å²) in [7, 11) is 0. The minimum absolute atomic E-state index is 0.00604. The molecule has 2 aromatic carbocycles. The molecule has 10 heteroatoms. The summed E-state index contributed by atoms with van der Waals surface area (Å²) in [5, 5.41) is 9.01. The summed E-state index contributed by atoms with van der Waals surface area (Å²) in [6.07, 6.45) is -5.25. The van der Waals surface area contributed by atoms with E-state index in [2.05, 4.69) is 15.9 Å². The fourth-order valence-corrected chi connectivity index (χ4v) is 4.27. The third-order valence-corrected chi connectivity index (χ3v) is 5.72. The van der Waals surface area contributed by atoms with E-state index in [1.165, 1.54) is 18.2 Å². The van der Waals surface area contributed by atoms with Crippen molar-refractivity contribution < 1.29 is 37.3 Å². The van der Waals surface area contributed by atoms with Crippen LogP contribution in [0.2, 0.25) is 0 Å². The number of amides is 1. The van der Waals surface area contributed by atoms with Gasteiger partial charge < -0.3 is 14.6 Å². The van der Waals surface area contributed by atoms with E-state index in [1.54, 1.807) is 18.2 Å². The number of hydrogen-bond acceptors (Lipinski definition) is 4. The van der Waals surface area contributed by atoms with Gasteiger partial charge in [-0.05, 0) is 28.1 Å². The van der Waals surface area contributed by atoms with Gasteiger partial charge in [-0.1, -0.05) is 18.2 Å². The van der Waals surface area contributed by atoms with E-state index in [9.17, 15) is 22.8 Å². The van der Waals surface area contributed by atoms with Crippen molar-refractivity contribution >= 4 is 33.5 Å². The summed E-state index contributed by atoms with van der Waals surface area (Å²) in [6.45, 7) is -0.0278. The molecule has 0 saturated heterocycles. The molecule has 2 atom stereocenters. The molecule has 1 amide bonds. The van der Waals surface area contributed by atoms with E-state index in [0.29, 0.717) is 26.2 Å². The van der Waals surface area contributed by atoms with Gasteiger partial charge in [0.2, 0.25) is 0 Å². The molecule has 0 saturated carbocycles. The van der Waals surface area contributed by atoms with Gasteiger partial charge in [0.05, 0.1) is 23.5 Å². The maximum atomic E-state index is 13.4. The molecule has 1 N–H and O–H groups in total. The molecule has 0 fully saturated rings. The van der Waals surface area contributed by atoms with Crippen LogP contribution in [0.15, 0.2) is 40.9 Å². The fourth-order valence-electron chi connectivity index (χ4n) is 3.78. The Bertz CT molecular complexity index is 1030. The van der Waals surface area contributed by atoms with Gasteiger partial charge in [0.15, 0.2) is 0 Å². The van der Waals surface area contributed by atoms with E-state index < -0.39 is 30.0 Å². The molecule has 4 rings (SSSR count). The minimum atomic E-state index is -5.10. The Morgan fingerprint density at radius 1 is 1.13 bits per heavy atom. The number of carboxylic acid groups (broad SMARTS) is 1. The average Bonchev–Trinajstić information content (AvgIpc) is 3.26. The number of carboxylic acids is 1. The van der Waals surface area contributed by atoms with Gasteiger partial charge >= 0.3 is 18.1 Å². The third kappa shape index (κ3) is 3.60. The quantitative estimate of drug-likeness (QED) is 0.693. The number of aliphatic carboxylic acids is 1. The molecule has 2 aliphatic rings. The predicted octanol–water partition coefficient (Wildman–Crippen LogP) is 4.43. The molecule has 0 unspecified atom stereocenters. The number of fused-ring (bicyclic) bond motifs is 2. The van der Waals surface area contributed by atoms with Crippen LogP contribution < -0.4 is 14.4 Å². The second-order valence-corrected chi connectivity index (χ2v) is 7.84. The number of rotatable bonds is 4. The van der Waals surface area contributed by atoms with E-state index >= 15 is 0 Å². The number of alkyl halides is 3. The zero-order valence-corrected chi connectivity index (χ0v) is 16.9. The lowest BCUT2D eigenvalue weighted by Gasteiger charge is -2.29. The number of nitrogens with zero attached hydrogens (tertiary/aromatic N) is 1. The topological polar surface area (TPSA) is 76.1 Å². The van der Waals surface area contributed by atoms with Gasteiger partial charge in [0.25, 0.3) is 0 Å². The molecule has 0 aromatic heterocycles. The number of hydrogen-bond donors (Lipinski definition) is 1. The minimum Gasteiger partial charge on any atom is -0.493 e. The van der Waals surface area contributed by atoms with Gasteiger partial charge in [-0.3, -0.25) is 14.5 Å². The first-order chi connectivity index (χ1) is 14.2. The van der Waals surface area contributed by atoms with Crippen LogP contribution in [0.25, 0.3) is 0 Å². The molecule has 0 radical (unpaired) electrons.